The van der Waals surface area contributed by atoms with Gasteiger partial charge in [0.25, 0.3) is 5.56 Å². The molecule has 2 aromatic carbocycles. The second-order valence-corrected chi connectivity index (χ2v) is 8.06. The Morgan fingerprint density at radius 3 is 2.67 bits per heavy atom. The van der Waals surface area contributed by atoms with Crippen LogP contribution in [-0.4, -0.2) is 9.97 Å². The van der Waals surface area contributed by atoms with E-state index in [1.165, 1.54) is 11.3 Å². The number of para-hydroxylation sites is 1. The lowest BCUT2D eigenvalue weighted by Crippen LogP contribution is -2.10. The normalized spacial score (nSPS) is 11.4. The molecule has 148 valence electrons. The van der Waals surface area contributed by atoms with Gasteiger partial charge in [0.15, 0.2) is 5.82 Å². The van der Waals surface area contributed by atoms with Crippen LogP contribution < -0.4 is 10.3 Å². The molecule has 0 aliphatic rings. The first kappa shape index (κ1) is 19.6. The van der Waals surface area contributed by atoms with Crippen molar-refractivity contribution in [2.45, 2.75) is 20.5 Å². The zero-order valence-electron chi connectivity index (χ0n) is 16.6. The predicted octanol–water partition coefficient (Wildman–Crippen LogP) is 5.24. The average Bonchev–Trinajstić information content (AvgIpc) is 3.05. The van der Waals surface area contributed by atoms with Gasteiger partial charge in [0, 0.05) is 10.4 Å². The number of thiophene rings is 1. The molecule has 2 aromatic heterocycles. The number of allylic oxidation sites excluding steroid dienone is 1. The van der Waals surface area contributed by atoms with Crippen molar-refractivity contribution in [3.8, 4) is 11.8 Å². The average molecular weight is 414 g/mol. The van der Waals surface area contributed by atoms with Crippen LogP contribution in [0.1, 0.15) is 27.4 Å². The molecule has 4 rings (SSSR count). The second-order valence-electron chi connectivity index (χ2n) is 6.86. The number of nitrogens with zero attached hydrogens (tertiary/aromatic N) is 2. The summed E-state index contributed by atoms with van der Waals surface area (Å²) in [7, 11) is 0. The van der Waals surface area contributed by atoms with E-state index in [9.17, 15) is 10.1 Å². The summed E-state index contributed by atoms with van der Waals surface area (Å²) in [5, 5.41) is 10.3. The van der Waals surface area contributed by atoms with Crippen molar-refractivity contribution >= 4 is 33.2 Å². The van der Waals surface area contributed by atoms with Crippen LogP contribution in [0.3, 0.4) is 0 Å². The fourth-order valence-corrected chi connectivity index (χ4v) is 4.19. The van der Waals surface area contributed by atoms with Crippen molar-refractivity contribution in [3.63, 3.8) is 0 Å². The number of rotatable bonds is 5. The second kappa shape index (κ2) is 8.36. The number of aromatic amines is 1. The van der Waals surface area contributed by atoms with Crippen molar-refractivity contribution in [1.82, 2.24) is 9.97 Å². The molecule has 6 heteroatoms. The highest BCUT2D eigenvalue weighted by Crippen LogP contribution is 2.28. The number of nitrogens with one attached hydrogen (secondary N) is 1. The number of hydrogen-bond acceptors (Lipinski definition) is 5. The Bertz CT molecular complexity index is 1340. The smallest absolute Gasteiger partial charge is 0.260 e. The van der Waals surface area contributed by atoms with Gasteiger partial charge < -0.3 is 9.72 Å². The van der Waals surface area contributed by atoms with E-state index < -0.39 is 0 Å². The maximum Gasteiger partial charge on any atom is 0.260 e. The van der Waals surface area contributed by atoms with E-state index in [0.29, 0.717) is 22.6 Å². The van der Waals surface area contributed by atoms with Crippen LogP contribution in [0.2, 0.25) is 0 Å². The summed E-state index contributed by atoms with van der Waals surface area (Å²) in [6.45, 7) is 4.29. The minimum atomic E-state index is -0.230. The van der Waals surface area contributed by atoms with Gasteiger partial charge in [0.1, 0.15) is 23.3 Å². The van der Waals surface area contributed by atoms with Crippen LogP contribution in [0.5, 0.6) is 5.75 Å². The highest BCUT2D eigenvalue weighted by atomic mass is 32.1. The summed E-state index contributed by atoms with van der Waals surface area (Å²) in [4.78, 5) is 21.6. The van der Waals surface area contributed by atoms with E-state index >= 15 is 0 Å². The van der Waals surface area contributed by atoms with Gasteiger partial charge in [-0.1, -0.05) is 48.5 Å². The first-order valence-corrected chi connectivity index (χ1v) is 10.3. The van der Waals surface area contributed by atoms with Crippen molar-refractivity contribution < 1.29 is 4.74 Å². The molecule has 0 unspecified atom stereocenters. The van der Waals surface area contributed by atoms with Gasteiger partial charge in [0.05, 0.1) is 11.0 Å². The van der Waals surface area contributed by atoms with Crippen molar-refractivity contribution in [1.29, 1.82) is 5.26 Å². The third-order valence-corrected chi connectivity index (χ3v) is 5.97. The van der Waals surface area contributed by atoms with Crippen molar-refractivity contribution in [2.24, 2.45) is 0 Å². The van der Waals surface area contributed by atoms with Gasteiger partial charge in [-0.15, -0.1) is 11.3 Å². The zero-order chi connectivity index (χ0) is 21.1. The Morgan fingerprint density at radius 1 is 1.17 bits per heavy atom. The lowest BCUT2D eigenvalue weighted by atomic mass is 10.1. The molecule has 1 N–H and O–H groups in total. The molecule has 30 heavy (non-hydrogen) atoms. The predicted molar refractivity (Wildman–Crippen MR) is 120 cm³/mol. The van der Waals surface area contributed by atoms with Crippen LogP contribution in [0.15, 0.2) is 59.4 Å². The number of aromatic nitrogens is 2. The number of ether oxygens (including phenoxy) is 1. The molecular formula is C24H19N3O2S. The summed E-state index contributed by atoms with van der Waals surface area (Å²) in [5.74, 6) is 0.912. The number of benzene rings is 2. The van der Waals surface area contributed by atoms with Gasteiger partial charge in [-0.2, -0.15) is 5.26 Å². The van der Waals surface area contributed by atoms with E-state index in [-0.39, 0.29) is 17.0 Å². The zero-order valence-corrected chi connectivity index (χ0v) is 17.4. The van der Waals surface area contributed by atoms with E-state index in [1.54, 1.807) is 6.08 Å². The molecule has 0 saturated carbocycles. The molecular weight excluding hydrogens is 394 g/mol. The number of hydrogen-bond donors (Lipinski definition) is 1. The van der Waals surface area contributed by atoms with E-state index in [4.69, 9.17) is 4.74 Å². The molecule has 0 saturated heterocycles. The van der Waals surface area contributed by atoms with E-state index in [2.05, 4.69) is 16.0 Å². The Kier molecular flexibility index (Phi) is 5.46. The minimum Gasteiger partial charge on any atom is -0.488 e. The summed E-state index contributed by atoms with van der Waals surface area (Å²) < 4.78 is 5.97. The summed E-state index contributed by atoms with van der Waals surface area (Å²) in [5.41, 5.74) is 2.76. The monoisotopic (exact) mass is 413 g/mol. The molecule has 0 bridgehead atoms. The lowest BCUT2D eigenvalue weighted by molar-refractivity contribution is 0.305. The van der Waals surface area contributed by atoms with E-state index in [1.807, 2.05) is 68.4 Å². The molecule has 2 heterocycles. The third kappa shape index (κ3) is 3.88. The molecule has 0 radical (unpaired) electrons. The van der Waals surface area contributed by atoms with Gasteiger partial charge in [0.2, 0.25) is 0 Å². The van der Waals surface area contributed by atoms with Gasteiger partial charge in [-0.05, 0) is 37.1 Å². The van der Waals surface area contributed by atoms with Crippen LogP contribution in [-0.2, 0) is 6.61 Å². The number of nitriles is 1. The van der Waals surface area contributed by atoms with Crippen molar-refractivity contribution in [3.05, 3.63) is 92.3 Å². The first-order valence-electron chi connectivity index (χ1n) is 9.44. The maximum atomic E-state index is 12.6. The Labute approximate surface area is 177 Å². The highest BCUT2D eigenvalue weighted by molar-refractivity contribution is 7.18. The Balaban J connectivity index is 1.71. The number of fused-ring (bicyclic) bond motifs is 1. The summed E-state index contributed by atoms with van der Waals surface area (Å²) in [6.07, 6.45) is 1.69. The molecule has 0 fully saturated rings. The van der Waals surface area contributed by atoms with Crippen LogP contribution in [0, 0.1) is 25.2 Å². The van der Waals surface area contributed by atoms with Crippen LogP contribution in [0.25, 0.3) is 21.9 Å². The SMILES string of the molecule is Cc1sc2nc(/C(C#N)=C/c3ccccc3OCc3ccccc3)[nH]c(=O)c2c1C. The quantitative estimate of drug-likeness (QED) is 0.454. The molecule has 5 nitrogen and oxygen atoms in total. The van der Waals surface area contributed by atoms with E-state index in [0.717, 1.165) is 21.6 Å². The summed E-state index contributed by atoms with van der Waals surface area (Å²) >= 11 is 1.46. The van der Waals surface area contributed by atoms with Crippen molar-refractivity contribution in [2.75, 3.05) is 0 Å². The topological polar surface area (TPSA) is 78.8 Å². The summed E-state index contributed by atoms with van der Waals surface area (Å²) in [6, 6.07) is 19.5. The molecule has 0 aliphatic heterocycles. The molecule has 0 spiro atoms. The fraction of sp³-hybridized carbons (Fsp3) is 0.125. The van der Waals surface area contributed by atoms with Gasteiger partial charge in [-0.25, -0.2) is 4.98 Å². The number of H-pyrrole nitrogens is 1. The Hall–Kier alpha value is -3.69. The van der Waals surface area contributed by atoms with Gasteiger partial charge in [-0.3, -0.25) is 4.79 Å². The Morgan fingerprint density at radius 2 is 1.90 bits per heavy atom. The third-order valence-electron chi connectivity index (χ3n) is 4.87. The minimum absolute atomic E-state index is 0.230. The fourth-order valence-electron chi connectivity index (χ4n) is 3.16. The van der Waals surface area contributed by atoms with Crippen LogP contribution >= 0.6 is 11.3 Å². The lowest BCUT2D eigenvalue weighted by Gasteiger charge is -2.09. The standard InChI is InChI=1S/C24H19N3O2S/c1-15-16(2)30-24-21(15)23(28)26-22(27-24)19(13-25)12-18-10-6-7-11-20(18)29-14-17-8-4-3-5-9-17/h3-12H,14H2,1-2H3,(H,26,27,28)/b19-12+. The maximum absolute atomic E-state index is 12.6. The number of aryl methyl sites for hydroxylation is 2. The molecule has 0 atom stereocenters. The molecule has 0 aliphatic carbocycles. The largest absolute Gasteiger partial charge is 0.488 e. The molecule has 4 aromatic rings. The van der Waals surface area contributed by atoms with Gasteiger partial charge >= 0.3 is 0 Å². The first-order chi connectivity index (χ1) is 14.6. The van der Waals surface area contributed by atoms with Crippen LogP contribution in [0.4, 0.5) is 0 Å². The highest BCUT2D eigenvalue weighted by Gasteiger charge is 2.14. The molecule has 0 amide bonds.